The zero-order valence-electron chi connectivity index (χ0n) is 29.0. The van der Waals surface area contributed by atoms with Crippen molar-refractivity contribution < 1.29 is 33.0 Å². The number of fused-ring (bicyclic) bond motifs is 2. The van der Waals surface area contributed by atoms with E-state index in [0.717, 1.165) is 30.5 Å². The number of nitrogens with zero attached hydrogens (tertiary/aromatic N) is 7. The number of piperidine rings is 1. The number of hydrogen-bond acceptors (Lipinski definition) is 9. The number of benzene rings is 1. The van der Waals surface area contributed by atoms with Gasteiger partial charge in [-0.25, -0.2) is 28.3 Å². The number of aryl methyl sites for hydroxylation is 1. The highest BCUT2D eigenvalue weighted by Gasteiger charge is 2.34. The van der Waals surface area contributed by atoms with Crippen molar-refractivity contribution in [2.45, 2.75) is 90.6 Å². The molecule has 1 aromatic carbocycles. The standard InChI is InChI=1S/C34H44F2N8O5/c1-33(2,3)48-31(46)42-11-10-20(26(45)17-42)15-37-27-14-29(44-30(40-27)21(16-38-44)19-8-9-19)43(32(47)49-34(4,5)6)18-28-39-24-12-22(35)23(36)13-25(24)41(28)7/h12-14,16,19-20,26,45H,8-11,15,17-18H2,1-7H3,(H,37,40)/t20-,26+/m1/s1. The van der Waals surface area contributed by atoms with Crippen LogP contribution in [0.4, 0.5) is 30.0 Å². The summed E-state index contributed by atoms with van der Waals surface area (Å²) >= 11 is 0. The smallest absolute Gasteiger partial charge is 0.416 e. The number of likely N-dealkylation sites (tertiary alicyclic amines) is 1. The maximum atomic E-state index is 14.2. The number of imidazole rings is 1. The molecular weight excluding hydrogens is 638 g/mol. The van der Waals surface area contributed by atoms with Crippen molar-refractivity contribution in [3.63, 3.8) is 0 Å². The Morgan fingerprint density at radius 3 is 2.37 bits per heavy atom. The van der Waals surface area contributed by atoms with Crippen molar-refractivity contribution in [2.24, 2.45) is 13.0 Å². The van der Waals surface area contributed by atoms with Crippen LogP contribution in [-0.4, -0.2) is 83.3 Å². The minimum atomic E-state index is -1.02. The molecule has 0 bridgehead atoms. The Balaban J connectivity index is 1.32. The number of nitrogens with one attached hydrogen (secondary N) is 1. The molecule has 2 amide bonds. The van der Waals surface area contributed by atoms with Crippen molar-refractivity contribution in [2.75, 3.05) is 29.9 Å². The minimum Gasteiger partial charge on any atom is -0.444 e. The van der Waals surface area contributed by atoms with Gasteiger partial charge in [0.15, 0.2) is 17.3 Å². The van der Waals surface area contributed by atoms with Gasteiger partial charge in [-0.3, -0.25) is 4.90 Å². The quantitative estimate of drug-likeness (QED) is 0.250. The molecule has 2 fully saturated rings. The Morgan fingerprint density at radius 1 is 1.02 bits per heavy atom. The first-order valence-corrected chi connectivity index (χ1v) is 16.6. The molecule has 1 aliphatic heterocycles. The van der Waals surface area contributed by atoms with E-state index in [-0.39, 0.29) is 24.5 Å². The Bertz CT molecular complexity index is 1890. The first-order chi connectivity index (χ1) is 23.0. The molecule has 1 saturated heterocycles. The normalized spacial score (nSPS) is 18.6. The second kappa shape index (κ2) is 12.7. The lowest BCUT2D eigenvalue weighted by atomic mass is 9.94. The summed E-state index contributed by atoms with van der Waals surface area (Å²) in [5.41, 5.74) is 0.663. The topological polar surface area (TPSA) is 139 Å². The maximum Gasteiger partial charge on any atom is 0.416 e. The van der Waals surface area contributed by atoms with Crippen LogP contribution in [0.2, 0.25) is 0 Å². The molecule has 2 N–H and O–H groups in total. The summed E-state index contributed by atoms with van der Waals surface area (Å²) in [5, 5.41) is 19.0. The number of hydrogen-bond donors (Lipinski definition) is 2. The van der Waals surface area contributed by atoms with Gasteiger partial charge in [0.05, 0.1) is 36.4 Å². The predicted octanol–water partition coefficient (Wildman–Crippen LogP) is 5.74. The van der Waals surface area contributed by atoms with Crippen LogP contribution in [0.15, 0.2) is 24.4 Å². The molecule has 2 atom stereocenters. The number of rotatable bonds is 7. The molecule has 6 rings (SSSR count). The van der Waals surface area contributed by atoms with Crippen LogP contribution in [0.5, 0.6) is 0 Å². The van der Waals surface area contributed by atoms with Gasteiger partial charge < -0.3 is 29.4 Å². The van der Waals surface area contributed by atoms with Gasteiger partial charge in [-0.1, -0.05) is 0 Å². The number of β-amino-alcohol motifs (C(OH)–C–C–N with tert-alkyl or cyclic N) is 1. The van der Waals surface area contributed by atoms with Crippen molar-refractivity contribution in [1.29, 1.82) is 0 Å². The first-order valence-electron chi connectivity index (χ1n) is 16.6. The molecule has 15 heteroatoms. The summed E-state index contributed by atoms with van der Waals surface area (Å²) < 4.78 is 42.8. The van der Waals surface area contributed by atoms with Gasteiger partial charge in [-0.15, -0.1) is 0 Å². The largest absolute Gasteiger partial charge is 0.444 e. The summed E-state index contributed by atoms with van der Waals surface area (Å²) in [4.78, 5) is 38.8. The van der Waals surface area contributed by atoms with Crippen LogP contribution >= 0.6 is 0 Å². The number of amides is 2. The second-order valence-electron chi connectivity index (χ2n) is 14.9. The van der Waals surface area contributed by atoms with E-state index < -0.39 is 41.1 Å². The van der Waals surface area contributed by atoms with Gasteiger partial charge in [-0.05, 0) is 66.7 Å². The lowest BCUT2D eigenvalue weighted by molar-refractivity contribution is -0.0104. The second-order valence-corrected chi connectivity index (χ2v) is 14.9. The first kappa shape index (κ1) is 34.3. The Kier molecular flexibility index (Phi) is 8.92. The highest BCUT2D eigenvalue weighted by atomic mass is 19.2. The van der Waals surface area contributed by atoms with Crippen molar-refractivity contribution >= 4 is 40.5 Å². The SMILES string of the molecule is Cn1c(CN(C(=O)OC(C)(C)C)c2cc(NC[C@H]3CCN(C(=O)OC(C)(C)C)C[C@@H]3O)nc3c(C4CC4)cnn23)nc2cc(F)c(F)cc21. The van der Waals surface area contributed by atoms with Crippen molar-refractivity contribution in [3.05, 3.63) is 47.4 Å². The van der Waals surface area contributed by atoms with Crippen LogP contribution in [0, 0.1) is 17.6 Å². The number of carbonyl (C=O) groups is 2. The summed E-state index contributed by atoms with van der Waals surface area (Å²) in [6.07, 6.45) is 2.38. The van der Waals surface area contributed by atoms with Crippen molar-refractivity contribution in [1.82, 2.24) is 29.0 Å². The maximum absolute atomic E-state index is 14.2. The van der Waals surface area contributed by atoms with E-state index >= 15 is 0 Å². The average Bonchev–Trinajstić information content (AvgIpc) is 3.68. The highest BCUT2D eigenvalue weighted by molar-refractivity contribution is 5.88. The number of aliphatic hydroxyl groups excluding tert-OH is 1. The zero-order valence-corrected chi connectivity index (χ0v) is 29.0. The summed E-state index contributed by atoms with van der Waals surface area (Å²) in [6, 6.07) is 3.79. The van der Waals surface area contributed by atoms with Crippen LogP contribution in [0.3, 0.4) is 0 Å². The van der Waals surface area contributed by atoms with Crippen molar-refractivity contribution in [3.8, 4) is 0 Å². The van der Waals surface area contributed by atoms with Crippen LogP contribution in [0.1, 0.15) is 78.1 Å². The molecule has 4 heterocycles. The number of carbonyl (C=O) groups excluding carboxylic acids is 2. The number of halogens is 2. The monoisotopic (exact) mass is 682 g/mol. The molecule has 49 heavy (non-hydrogen) atoms. The van der Waals surface area contributed by atoms with E-state index in [1.165, 1.54) is 9.80 Å². The summed E-state index contributed by atoms with van der Waals surface area (Å²) in [7, 11) is 1.67. The van der Waals surface area contributed by atoms with Gasteiger partial charge in [0.1, 0.15) is 28.7 Å². The molecular formula is C34H44F2N8O5. The Morgan fingerprint density at radius 2 is 1.71 bits per heavy atom. The van der Waals surface area contributed by atoms with E-state index in [1.807, 2.05) is 0 Å². The predicted molar refractivity (Wildman–Crippen MR) is 178 cm³/mol. The van der Waals surface area contributed by atoms with Gasteiger partial charge >= 0.3 is 12.2 Å². The third kappa shape index (κ3) is 7.56. The Hall–Kier alpha value is -4.53. The average molecular weight is 683 g/mol. The molecule has 2 aliphatic rings. The number of anilines is 2. The van der Waals surface area contributed by atoms with E-state index in [2.05, 4.69) is 15.4 Å². The third-order valence-corrected chi connectivity index (χ3v) is 8.62. The molecule has 1 saturated carbocycles. The van der Waals surface area contributed by atoms with Crippen LogP contribution < -0.4 is 10.2 Å². The van der Waals surface area contributed by atoms with Gasteiger partial charge in [-0.2, -0.15) is 9.61 Å². The number of aromatic nitrogens is 5. The van der Waals surface area contributed by atoms with Gasteiger partial charge in [0.25, 0.3) is 0 Å². The molecule has 1 aliphatic carbocycles. The van der Waals surface area contributed by atoms with Gasteiger partial charge in [0, 0.05) is 49.8 Å². The van der Waals surface area contributed by atoms with E-state index in [1.54, 1.807) is 69.9 Å². The lowest BCUT2D eigenvalue weighted by Gasteiger charge is -2.36. The number of aliphatic hydroxyl groups is 1. The van der Waals surface area contributed by atoms with E-state index in [4.69, 9.17) is 14.5 Å². The molecule has 0 spiro atoms. The third-order valence-electron chi connectivity index (χ3n) is 8.62. The molecule has 4 aromatic rings. The summed E-state index contributed by atoms with van der Waals surface area (Å²) in [6.45, 7) is 11.5. The minimum absolute atomic E-state index is 0.109. The highest BCUT2D eigenvalue weighted by Crippen LogP contribution is 2.42. The fraction of sp³-hybridized carbons (Fsp3) is 0.559. The molecule has 0 unspecified atom stereocenters. The van der Waals surface area contributed by atoms with Crippen LogP contribution in [-0.2, 0) is 23.1 Å². The zero-order chi connectivity index (χ0) is 35.4. The summed E-state index contributed by atoms with van der Waals surface area (Å²) in [5.74, 6) is -0.741. The fourth-order valence-electron chi connectivity index (χ4n) is 5.95. The van der Waals surface area contributed by atoms with Crippen LogP contribution in [0.25, 0.3) is 16.7 Å². The molecule has 264 valence electrons. The lowest BCUT2D eigenvalue weighted by Crippen LogP contribution is -2.49. The number of ether oxygens (including phenoxy) is 2. The Labute approximate surface area is 283 Å². The molecule has 0 radical (unpaired) electrons. The van der Waals surface area contributed by atoms with Gasteiger partial charge in [0.2, 0.25) is 0 Å². The van der Waals surface area contributed by atoms with E-state index in [9.17, 15) is 23.5 Å². The molecule has 13 nitrogen and oxygen atoms in total. The van der Waals surface area contributed by atoms with E-state index in [0.29, 0.717) is 54.1 Å². The molecule has 3 aromatic heterocycles. The fourth-order valence-corrected chi connectivity index (χ4v) is 5.95.